The summed E-state index contributed by atoms with van der Waals surface area (Å²) in [6.07, 6.45) is 0.343. The van der Waals surface area contributed by atoms with E-state index in [0.717, 1.165) is 36.2 Å². The number of aromatic nitrogens is 1. The minimum Gasteiger partial charge on any atom is -0.486 e. The van der Waals surface area contributed by atoms with Crippen molar-refractivity contribution in [3.05, 3.63) is 58.5 Å². The van der Waals surface area contributed by atoms with Crippen LogP contribution in [0.4, 0.5) is 9.80 Å². The molecule has 0 unspecified atom stereocenters. The second-order valence-corrected chi connectivity index (χ2v) is 10.5. The van der Waals surface area contributed by atoms with E-state index in [0.29, 0.717) is 56.4 Å². The number of hydrogen-bond donors (Lipinski definition) is 1. The van der Waals surface area contributed by atoms with E-state index in [1.807, 2.05) is 24.3 Å². The van der Waals surface area contributed by atoms with E-state index < -0.39 is 0 Å². The van der Waals surface area contributed by atoms with Gasteiger partial charge >= 0.3 is 6.09 Å². The van der Waals surface area contributed by atoms with Crippen LogP contribution in [-0.4, -0.2) is 48.2 Å². The Morgan fingerprint density at radius 3 is 2.78 bits per heavy atom. The first-order valence-electron chi connectivity index (χ1n) is 11.7. The van der Waals surface area contributed by atoms with Crippen LogP contribution in [0, 0.1) is 0 Å². The van der Waals surface area contributed by atoms with E-state index in [2.05, 4.69) is 5.32 Å². The highest BCUT2D eigenvalue weighted by atomic mass is 32.1. The predicted molar refractivity (Wildman–Crippen MR) is 139 cm³/mol. The molecule has 0 saturated carbocycles. The van der Waals surface area contributed by atoms with Crippen LogP contribution in [0.1, 0.15) is 27.7 Å². The monoisotopic (exact) mass is 521 g/mol. The van der Waals surface area contributed by atoms with Crippen LogP contribution >= 0.6 is 22.7 Å². The quantitative estimate of drug-likeness (QED) is 0.378. The van der Waals surface area contributed by atoms with E-state index in [9.17, 15) is 9.59 Å². The summed E-state index contributed by atoms with van der Waals surface area (Å²) in [5, 5.41) is 4.70. The smallest absolute Gasteiger partial charge is 0.410 e. The lowest BCUT2D eigenvalue weighted by Gasteiger charge is -2.26. The number of ether oxygens (including phenoxy) is 3. The van der Waals surface area contributed by atoms with Crippen LogP contribution < -0.4 is 14.8 Å². The summed E-state index contributed by atoms with van der Waals surface area (Å²) >= 11 is 3.09. The lowest BCUT2D eigenvalue weighted by atomic mass is 10.0. The maximum Gasteiger partial charge on any atom is 0.410 e. The Kier molecular flexibility index (Phi) is 5.98. The van der Waals surface area contributed by atoms with Gasteiger partial charge in [0, 0.05) is 22.5 Å². The maximum absolute atomic E-state index is 13.3. The fourth-order valence-electron chi connectivity index (χ4n) is 4.43. The van der Waals surface area contributed by atoms with Gasteiger partial charge in [-0.2, -0.15) is 0 Å². The number of rotatable bonds is 4. The first-order valence-corrected chi connectivity index (χ1v) is 13.4. The predicted octanol–water partition coefficient (Wildman–Crippen LogP) is 5.56. The molecule has 2 aromatic heterocycles. The Bertz CT molecular complexity index is 1440. The van der Waals surface area contributed by atoms with Gasteiger partial charge in [0.15, 0.2) is 11.5 Å². The molecule has 4 heterocycles. The second kappa shape index (κ2) is 9.44. The van der Waals surface area contributed by atoms with Crippen LogP contribution in [0.3, 0.4) is 0 Å². The molecule has 0 radical (unpaired) electrons. The highest BCUT2D eigenvalue weighted by Gasteiger charge is 2.30. The third-order valence-electron chi connectivity index (χ3n) is 6.12. The molecule has 10 heteroatoms. The molecule has 0 saturated heterocycles. The summed E-state index contributed by atoms with van der Waals surface area (Å²) in [7, 11) is 0. The summed E-state index contributed by atoms with van der Waals surface area (Å²) in [6, 6.07) is 13.2. The Morgan fingerprint density at radius 1 is 1.11 bits per heavy atom. The molecule has 2 aromatic carbocycles. The van der Waals surface area contributed by atoms with Gasteiger partial charge in [0.2, 0.25) is 0 Å². The van der Waals surface area contributed by atoms with E-state index >= 15 is 0 Å². The Hall–Kier alpha value is -3.63. The number of amides is 2. The van der Waals surface area contributed by atoms with Gasteiger partial charge in [-0.15, -0.1) is 22.7 Å². The Balaban J connectivity index is 1.37. The number of carbonyl (C=O) groups excluding carboxylic acids is 2. The lowest BCUT2D eigenvalue weighted by Crippen LogP contribution is -2.35. The molecule has 184 valence electrons. The fraction of sp³-hybridized carbons (Fsp3) is 0.269. The Labute approximate surface area is 215 Å². The van der Waals surface area contributed by atoms with Gasteiger partial charge in [-0.3, -0.25) is 4.79 Å². The normalized spacial score (nSPS) is 14.4. The minimum absolute atomic E-state index is 0.241. The van der Waals surface area contributed by atoms with Crippen molar-refractivity contribution in [2.45, 2.75) is 19.9 Å². The molecule has 0 fully saturated rings. The Morgan fingerprint density at radius 2 is 1.94 bits per heavy atom. The summed E-state index contributed by atoms with van der Waals surface area (Å²) < 4.78 is 17.5. The number of thiophene rings is 1. The van der Waals surface area contributed by atoms with Crippen molar-refractivity contribution in [3.63, 3.8) is 0 Å². The van der Waals surface area contributed by atoms with E-state index in [-0.39, 0.29) is 12.0 Å². The van der Waals surface area contributed by atoms with Gasteiger partial charge in [-0.25, -0.2) is 9.78 Å². The highest BCUT2D eigenvalue weighted by molar-refractivity contribution is 7.23. The number of nitrogens with one attached hydrogen (secondary N) is 1. The molecule has 8 nitrogen and oxygen atoms in total. The molecule has 2 aliphatic rings. The zero-order valence-electron chi connectivity index (χ0n) is 19.5. The first-order chi connectivity index (χ1) is 17.6. The molecule has 0 aliphatic carbocycles. The lowest BCUT2D eigenvalue weighted by molar-refractivity contribution is 0.102. The number of fused-ring (bicyclic) bond motifs is 3. The van der Waals surface area contributed by atoms with Gasteiger partial charge in [-0.05, 0) is 49.2 Å². The number of thiazole rings is 1. The number of benzene rings is 2. The van der Waals surface area contributed by atoms with Crippen molar-refractivity contribution >= 4 is 49.9 Å². The largest absolute Gasteiger partial charge is 0.486 e. The molecule has 1 N–H and O–H groups in total. The van der Waals surface area contributed by atoms with Gasteiger partial charge < -0.3 is 24.4 Å². The van der Waals surface area contributed by atoms with Crippen molar-refractivity contribution in [1.29, 1.82) is 0 Å². The van der Waals surface area contributed by atoms with Crippen LogP contribution in [0.25, 0.3) is 20.8 Å². The molecule has 2 aliphatic heterocycles. The third kappa shape index (κ3) is 4.16. The second-order valence-electron chi connectivity index (χ2n) is 8.38. The van der Waals surface area contributed by atoms with Crippen LogP contribution in [0.5, 0.6) is 11.5 Å². The first kappa shape index (κ1) is 22.8. The molecule has 4 aromatic rings. The molecule has 0 spiro atoms. The number of carbonyl (C=O) groups is 2. The van der Waals surface area contributed by atoms with Crippen molar-refractivity contribution in [2.24, 2.45) is 0 Å². The van der Waals surface area contributed by atoms with Crippen LogP contribution in [0.15, 0.2) is 42.5 Å². The minimum atomic E-state index is -0.319. The van der Waals surface area contributed by atoms with Crippen molar-refractivity contribution in [3.8, 4) is 22.1 Å². The highest BCUT2D eigenvalue weighted by Crippen LogP contribution is 2.46. The number of para-hydroxylation sites is 1. The molecular formula is C26H23N3O5S2. The number of hydrogen-bond acceptors (Lipinski definition) is 8. The summed E-state index contributed by atoms with van der Waals surface area (Å²) in [5.41, 5.74) is 3.46. The van der Waals surface area contributed by atoms with Crippen molar-refractivity contribution < 1.29 is 23.8 Å². The zero-order valence-corrected chi connectivity index (χ0v) is 21.2. The van der Waals surface area contributed by atoms with Crippen LogP contribution in [0.2, 0.25) is 0 Å². The van der Waals surface area contributed by atoms with Crippen molar-refractivity contribution in [1.82, 2.24) is 9.88 Å². The topological polar surface area (TPSA) is 90.0 Å². The molecular weight excluding hydrogens is 498 g/mol. The summed E-state index contributed by atoms with van der Waals surface area (Å²) in [6.45, 7) is 4.07. The standard InChI is InChI=1S/C26H23N3O5S2/c1-2-32-26(31)29-10-9-16-21(14-29)36-25(22(16)24-27-17-5-3-4-6-20(17)35-24)28-23(30)15-7-8-18-19(13-15)34-12-11-33-18/h3-8,13H,2,9-12,14H2,1H3,(H,28,30). The molecule has 36 heavy (non-hydrogen) atoms. The molecule has 0 bridgehead atoms. The molecule has 2 amide bonds. The van der Waals surface area contributed by atoms with Gasteiger partial charge in [0.1, 0.15) is 23.2 Å². The SMILES string of the molecule is CCOC(=O)N1CCc2c(sc(NC(=O)c3ccc4c(c3)OCCO4)c2-c2nc3ccccc3s2)C1. The van der Waals surface area contributed by atoms with E-state index in [4.69, 9.17) is 19.2 Å². The average molecular weight is 522 g/mol. The molecule has 6 rings (SSSR count). The summed E-state index contributed by atoms with van der Waals surface area (Å²) in [4.78, 5) is 33.3. The number of nitrogens with zero attached hydrogens (tertiary/aromatic N) is 2. The summed E-state index contributed by atoms with van der Waals surface area (Å²) in [5.74, 6) is 0.963. The van der Waals surface area contributed by atoms with Gasteiger partial charge in [-0.1, -0.05) is 12.1 Å². The van der Waals surface area contributed by atoms with E-state index in [1.165, 1.54) is 11.3 Å². The van der Waals surface area contributed by atoms with Gasteiger partial charge in [0.05, 0.1) is 23.4 Å². The van der Waals surface area contributed by atoms with Gasteiger partial charge in [0.25, 0.3) is 5.91 Å². The maximum atomic E-state index is 13.3. The third-order valence-corrected chi connectivity index (χ3v) is 8.31. The molecule has 0 atom stereocenters. The average Bonchev–Trinajstić information content (AvgIpc) is 3.48. The fourth-order valence-corrected chi connectivity index (χ4v) is 6.80. The van der Waals surface area contributed by atoms with E-state index in [1.54, 1.807) is 41.4 Å². The van der Waals surface area contributed by atoms with Crippen LogP contribution in [-0.2, 0) is 17.7 Å². The number of anilines is 1. The zero-order chi connectivity index (χ0) is 24.6. The van der Waals surface area contributed by atoms with Crippen molar-refractivity contribution in [2.75, 3.05) is 31.7 Å².